The third-order valence-corrected chi connectivity index (χ3v) is 3.95. The van der Waals surface area contributed by atoms with Crippen molar-refractivity contribution in [3.8, 4) is 5.75 Å². The van der Waals surface area contributed by atoms with Crippen LogP contribution in [0.25, 0.3) is 0 Å². The number of benzene rings is 2. The summed E-state index contributed by atoms with van der Waals surface area (Å²) in [4.78, 5) is 0. The maximum absolute atomic E-state index is 6.03. The molecule has 2 nitrogen and oxygen atoms in total. The van der Waals surface area contributed by atoms with Crippen LogP contribution in [0, 0.1) is 0 Å². The average molecular weight is 310 g/mol. The monoisotopic (exact) mass is 309 g/mol. The van der Waals surface area contributed by atoms with E-state index in [1.54, 1.807) is 7.11 Å². The molecule has 0 saturated carbocycles. The van der Waals surface area contributed by atoms with Crippen molar-refractivity contribution in [3.63, 3.8) is 0 Å². The average Bonchev–Trinajstić information content (AvgIpc) is 2.48. The number of hydrogen-bond donors (Lipinski definition) is 1. The van der Waals surface area contributed by atoms with Crippen molar-refractivity contribution in [2.45, 2.75) is 19.5 Å². The lowest BCUT2D eigenvalue weighted by atomic mass is 10.1. The van der Waals surface area contributed by atoms with Gasteiger partial charge in [-0.05, 0) is 42.3 Å². The van der Waals surface area contributed by atoms with Gasteiger partial charge in [-0.3, -0.25) is 0 Å². The van der Waals surface area contributed by atoms with Gasteiger partial charge in [0, 0.05) is 12.6 Å². The fourth-order valence-corrected chi connectivity index (χ4v) is 2.22. The van der Waals surface area contributed by atoms with Crippen LogP contribution in [0.2, 0.25) is 10.0 Å². The Balaban J connectivity index is 1.96. The second-order valence-electron chi connectivity index (χ2n) is 4.62. The molecule has 106 valence electrons. The SMILES string of the molecule is COc1ccc(CNC(C)c2ccc(Cl)c(Cl)c2)cc1. The molecule has 0 spiro atoms. The fraction of sp³-hybridized carbons (Fsp3) is 0.250. The standard InChI is InChI=1S/C16H17Cl2NO/c1-11(13-5-8-15(17)16(18)9-13)19-10-12-3-6-14(20-2)7-4-12/h3-9,11,19H,10H2,1-2H3. The van der Waals surface area contributed by atoms with Crippen LogP contribution < -0.4 is 10.1 Å². The third-order valence-electron chi connectivity index (χ3n) is 3.22. The highest BCUT2D eigenvalue weighted by molar-refractivity contribution is 6.42. The smallest absolute Gasteiger partial charge is 0.118 e. The number of nitrogens with one attached hydrogen (secondary N) is 1. The topological polar surface area (TPSA) is 21.3 Å². The van der Waals surface area contributed by atoms with Crippen LogP contribution in [0.5, 0.6) is 5.75 Å². The van der Waals surface area contributed by atoms with Gasteiger partial charge >= 0.3 is 0 Å². The van der Waals surface area contributed by atoms with Crippen LogP contribution >= 0.6 is 23.2 Å². The van der Waals surface area contributed by atoms with E-state index < -0.39 is 0 Å². The molecule has 0 aliphatic rings. The molecule has 0 heterocycles. The molecular formula is C16H17Cl2NO. The quantitative estimate of drug-likeness (QED) is 0.852. The lowest BCUT2D eigenvalue weighted by Crippen LogP contribution is -2.18. The van der Waals surface area contributed by atoms with E-state index in [4.69, 9.17) is 27.9 Å². The van der Waals surface area contributed by atoms with Crippen LogP contribution in [0.3, 0.4) is 0 Å². The zero-order valence-electron chi connectivity index (χ0n) is 11.5. The number of ether oxygens (including phenoxy) is 1. The van der Waals surface area contributed by atoms with Crippen molar-refractivity contribution in [3.05, 3.63) is 63.6 Å². The van der Waals surface area contributed by atoms with Crippen LogP contribution in [0.4, 0.5) is 0 Å². The molecule has 1 atom stereocenters. The molecule has 1 unspecified atom stereocenters. The third kappa shape index (κ3) is 3.89. The summed E-state index contributed by atoms with van der Waals surface area (Å²) in [6.07, 6.45) is 0. The molecule has 0 aliphatic carbocycles. The first kappa shape index (κ1) is 15.2. The van der Waals surface area contributed by atoms with Gasteiger partial charge in [-0.2, -0.15) is 0 Å². The Hall–Kier alpha value is -1.22. The zero-order valence-corrected chi connectivity index (χ0v) is 13.0. The van der Waals surface area contributed by atoms with Crippen molar-refractivity contribution >= 4 is 23.2 Å². The van der Waals surface area contributed by atoms with Gasteiger partial charge in [0.2, 0.25) is 0 Å². The maximum atomic E-state index is 6.03. The fourth-order valence-electron chi connectivity index (χ4n) is 1.91. The number of rotatable bonds is 5. The predicted octanol–water partition coefficient (Wildman–Crippen LogP) is 4.85. The summed E-state index contributed by atoms with van der Waals surface area (Å²) in [5, 5.41) is 4.62. The number of methoxy groups -OCH3 is 1. The van der Waals surface area contributed by atoms with Gasteiger partial charge in [-0.25, -0.2) is 0 Å². The van der Waals surface area contributed by atoms with E-state index in [1.807, 2.05) is 42.5 Å². The molecule has 0 saturated heterocycles. The molecule has 0 aromatic heterocycles. The molecule has 0 fully saturated rings. The Morgan fingerprint density at radius 2 is 1.75 bits per heavy atom. The number of halogens is 2. The second-order valence-corrected chi connectivity index (χ2v) is 5.44. The van der Waals surface area contributed by atoms with Crippen molar-refractivity contribution in [2.75, 3.05) is 7.11 Å². The summed E-state index contributed by atoms with van der Waals surface area (Å²) in [6.45, 7) is 2.88. The van der Waals surface area contributed by atoms with Gasteiger partial charge in [-0.15, -0.1) is 0 Å². The summed E-state index contributed by atoms with van der Waals surface area (Å²) >= 11 is 12.0. The molecule has 0 bridgehead atoms. The molecule has 20 heavy (non-hydrogen) atoms. The minimum absolute atomic E-state index is 0.201. The molecule has 0 radical (unpaired) electrons. The molecule has 2 rings (SSSR count). The van der Waals surface area contributed by atoms with Crippen molar-refractivity contribution in [2.24, 2.45) is 0 Å². The number of hydrogen-bond acceptors (Lipinski definition) is 2. The van der Waals surface area contributed by atoms with E-state index >= 15 is 0 Å². The first-order valence-electron chi connectivity index (χ1n) is 6.41. The molecular weight excluding hydrogens is 293 g/mol. The highest BCUT2D eigenvalue weighted by Crippen LogP contribution is 2.25. The van der Waals surface area contributed by atoms with Gasteiger partial charge in [0.05, 0.1) is 17.2 Å². The Morgan fingerprint density at radius 1 is 1.05 bits per heavy atom. The Kier molecular flexibility index (Phi) is 5.30. The molecule has 4 heteroatoms. The summed E-state index contributed by atoms with van der Waals surface area (Å²) in [5.41, 5.74) is 2.32. The van der Waals surface area contributed by atoms with E-state index in [-0.39, 0.29) is 6.04 Å². The molecule has 2 aromatic carbocycles. The van der Waals surface area contributed by atoms with Crippen LogP contribution in [0.1, 0.15) is 24.1 Å². The van der Waals surface area contributed by atoms with E-state index in [0.717, 1.165) is 17.9 Å². The largest absolute Gasteiger partial charge is 0.497 e. The van der Waals surface area contributed by atoms with Crippen LogP contribution in [0.15, 0.2) is 42.5 Å². The summed E-state index contributed by atoms with van der Waals surface area (Å²) in [7, 11) is 1.67. The van der Waals surface area contributed by atoms with Crippen molar-refractivity contribution in [1.29, 1.82) is 0 Å². The highest BCUT2D eigenvalue weighted by Gasteiger charge is 2.07. The van der Waals surface area contributed by atoms with Crippen LogP contribution in [-0.4, -0.2) is 7.11 Å². The first-order valence-corrected chi connectivity index (χ1v) is 7.17. The summed E-state index contributed by atoms with van der Waals surface area (Å²) in [6, 6.07) is 13.9. The van der Waals surface area contributed by atoms with E-state index in [2.05, 4.69) is 12.2 Å². The van der Waals surface area contributed by atoms with Crippen molar-refractivity contribution in [1.82, 2.24) is 5.32 Å². The zero-order chi connectivity index (χ0) is 14.5. The van der Waals surface area contributed by atoms with Crippen LogP contribution in [-0.2, 0) is 6.54 Å². The van der Waals surface area contributed by atoms with Gasteiger partial charge in [0.1, 0.15) is 5.75 Å². The van der Waals surface area contributed by atoms with E-state index in [0.29, 0.717) is 10.0 Å². The molecule has 0 amide bonds. The van der Waals surface area contributed by atoms with Gasteiger partial charge < -0.3 is 10.1 Å². The molecule has 0 aliphatic heterocycles. The lowest BCUT2D eigenvalue weighted by molar-refractivity contribution is 0.414. The summed E-state index contributed by atoms with van der Waals surface area (Å²) < 4.78 is 5.14. The minimum Gasteiger partial charge on any atom is -0.497 e. The Labute approximate surface area is 129 Å². The maximum Gasteiger partial charge on any atom is 0.118 e. The van der Waals surface area contributed by atoms with Gasteiger partial charge in [0.25, 0.3) is 0 Å². The first-order chi connectivity index (χ1) is 9.60. The summed E-state index contributed by atoms with van der Waals surface area (Å²) in [5.74, 6) is 0.867. The normalized spacial score (nSPS) is 12.2. The van der Waals surface area contributed by atoms with Gasteiger partial charge in [-0.1, -0.05) is 41.4 Å². The molecule has 2 aromatic rings. The second kappa shape index (κ2) is 6.98. The molecule has 1 N–H and O–H groups in total. The Bertz CT molecular complexity index is 569. The van der Waals surface area contributed by atoms with E-state index in [1.165, 1.54) is 5.56 Å². The van der Waals surface area contributed by atoms with E-state index in [9.17, 15) is 0 Å². The lowest BCUT2D eigenvalue weighted by Gasteiger charge is -2.15. The van der Waals surface area contributed by atoms with Crippen molar-refractivity contribution < 1.29 is 4.74 Å². The minimum atomic E-state index is 0.201. The Morgan fingerprint density at radius 3 is 2.35 bits per heavy atom. The predicted molar refractivity (Wildman–Crippen MR) is 84.7 cm³/mol. The highest BCUT2D eigenvalue weighted by atomic mass is 35.5. The van der Waals surface area contributed by atoms with Gasteiger partial charge in [0.15, 0.2) is 0 Å².